The Kier molecular flexibility index (Phi) is 3.60. The molecule has 0 radical (unpaired) electrons. The Morgan fingerprint density at radius 2 is 1.72 bits per heavy atom. The van der Waals surface area contributed by atoms with Crippen LogP contribution in [-0.4, -0.2) is 10.9 Å². The lowest BCUT2D eigenvalue weighted by Gasteiger charge is -2.09. The second-order valence-corrected chi connectivity index (χ2v) is 4.67. The Morgan fingerprint density at radius 1 is 1.11 bits per heavy atom. The van der Waals surface area contributed by atoms with Gasteiger partial charge in [0, 0.05) is 5.56 Å². The van der Waals surface area contributed by atoms with Crippen molar-refractivity contribution in [1.82, 2.24) is 0 Å². The Balaban J connectivity index is 2.56. The molecule has 0 saturated heterocycles. The van der Waals surface area contributed by atoms with Gasteiger partial charge in [0.1, 0.15) is 10.8 Å². The molecule has 0 unspecified atom stereocenters. The van der Waals surface area contributed by atoms with Gasteiger partial charge in [0.25, 0.3) is 0 Å². The molecule has 2 aromatic rings. The Morgan fingerprint density at radius 3 is 2.33 bits per heavy atom. The van der Waals surface area contributed by atoms with Crippen LogP contribution in [0, 0.1) is 6.92 Å². The zero-order chi connectivity index (χ0) is 13.3. The molecule has 0 atom stereocenters. The van der Waals surface area contributed by atoms with E-state index in [4.69, 9.17) is 23.2 Å². The summed E-state index contributed by atoms with van der Waals surface area (Å²) in [4.78, 5) is 12.2. The van der Waals surface area contributed by atoms with Gasteiger partial charge in [0.15, 0.2) is 5.78 Å². The second kappa shape index (κ2) is 5.01. The summed E-state index contributed by atoms with van der Waals surface area (Å²) in [5.41, 5.74) is 1.30. The minimum absolute atomic E-state index is 0.0101. The maximum Gasteiger partial charge on any atom is 0.196 e. The first-order valence-electron chi connectivity index (χ1n) is 5.29. The minimum Gasteiger partial charge on any atom is -0.506 e. The topological polar surface area (TPSA) is 37.3 Å². The van der Waals surface area contributed by atoms with Crippen LogP contribution in [-0.2, 0) is 0 Å². The Bertz CT molecular complexity index is 607. The van der Waals surface area contributed by atoms with Gasteiger partial charge in [-0.3, -0.25) is 4.79 Å². The fourth-order valence-corrected chi connectivity index (χ4v) is 2.06. The summed E-state index contributed by atoms with van der Waals surface area (Å²) in [6.45, 7) is 1.73. The molecule has 0 spiro atoms. The van der Waals surface area contributed by atoms with E-state index in [2.05, 4.69) is 0 Å². The smallest absolute Gasteiger partial charge is 0.196 e. The Labute approximate surface area is 115 Å². The fourth-order valence-electron chi connectivity index (χ4n) is 1.66. The quantitative estimate of drug-likeness (QED) is 0.836. The van der Waals surface area contributed by atoms with Gasteiger partial charge in [-0.2, -0.15) is 0 Å². The van der Waals surface area contributed by atoms with E-state index >= 15 is 0 Å². The number of hydrogen-bond acceptors (Lipinski definition) is 2. The predicted octanol–water partition coefficient (Wildman–Crippen LogP) is 4.24. The molecule has 18 heavy (non-hydrogen) atoms. The molecule has 0 aliphatic rings. The third-order valence-electron chi connectivity index (χ3n) is 2.64. The number of rotatable bonds is 2. The van der Waals surface area contributed by atoms with Crippen LogP contribution >= 0.6 is 23.2 Å². The monoisotopic (exact) mass is 280 g/mol. The number of phenolic OH excluding ortho intramolecular Hbond substituents is 1. The van der Waals surface area contributed by atoms with Crippen molar-refractivity contribution < 1.29 is 9.90 Å². The number of halogens is 2. The van der Waals surface area contributed by atoms with Crippen LogP contribution in [0.1, 0.15) is 21.5 Å². The van der Waals surface area contributed by atoms with Crippen LogP contribution in [0.25, 0.3) is 0 Å². The first-order valence-corrected chi connectivity index (χ1v) is 6.05. The third kappa shape index (κ3) is 2.22. The van der Waals surface area contributed by atoms with Gasteiger partial charge in [0.05, 0.1) is 10.6 Å². The van der Waals surface area contributed by atoms with Crippen LogP contribution in [0.5, 0.6) is 5.75 Å². The van der Waals surface area contributed by atoms with Crippen molar-refractivity contribution in [2.24, 2.45) is 0 Å². The van der Waals surface area contributed by atoms with Crippen molar-refractivity contribution >= 4 is 29.0 Å². The summed E-state index contributed by atoms with van der Waals surface area (Å²) >= 11 is 11.8. The van der Waals surface area contributed by atoms with Crippen molar-refractivity contribution in [3.8, 4) is 5.75 Å². The number of aryl methyl sites for hydroxylation is 1. The van der Waals surface area contributed by atoms with Gasteiger partial charge in [-0.05, 0) is 18.6 Å². The number of phenols is 1. The maximum absolute atomic E-state index is 12.2. The third-order valence-corrected chi connectivity index (χ3v) is 3.60. The summed E-state index contributed by atoms with van der Waals surface area (Å²) in [5.74, 6) is -0.559. The van der Waals surface area contributed by atoms with E-state index in [9.17, 15) is 9.90 Å². The average Bonchev–Trinajstić information content (AvgIpc) is 2.41. The van der Waals surface area contributed by atoms with Crippen LogP contribution in [0.15, 0.2) is 36.4 Å². The first-order chi connectivity index (χ1) is 8.52. The highest BCUT2D eigenvalue weighted by atomic mass is 35.5. The number of benzene rings is 2. The molecular formula is C14H10Cl2O2. The normalized spacial score (nSPS) is 10.4. The van der Waals surface area contributed by atoms with Crippen LogP contribution in [0.4, 0.5) is 0 Å². The van der Waals surface area contributed by atoms with Crippen molar-refractivity contribution in [2.45, 2.75) is 6.92 Å². The van der Waals surface area contributed by atoms with E-state index in [0.717, 1.165) is 0 Å². The van der Waals surface area contributed by atoms with Gasteiger partial charge in [-0.25, -0.2) is 0 Å². The fraction of sp³-hybridized carbons (Fsp3) is 0.0714. The molecule has 1 N–H and O–H groups in total. The Hall–Kier alpha value is -1.51. The minimum atomic E-state index is -0.283. The van der Waals surface area contributed by atoms with Crippen molar-refractivity contribution in [3.05, 3.63) is 63.1 Å². The number of carbonyl (C=O) groups excluding carboxylic acids is 1. The van der Waals surface area contributed by atoms with E-state index in [1.54, 1.807) is 37.3 Å². The molecule has 0 heterocycles. The SMILES string of the molecule is Cc1cc(C(=O)c2ccccc2)c(O)c(Cl)c1Cl. The molecule has 2 nitrogen and oxygen atoms in total. The van der Waals surface area contributed by atoms with Gasteiger partial charge >= 0.3 is 0 Å². The summed E-state index contributed by atoms with van der Waals surface area (Å²) in [7, 11) is 0. The van der Waals surface area contributed by atoms with E-state index in [-0.39, 0.29) is 27.1 Å². The summed E-state index contributed by atoms with van der Waals surface area (Å²) < 4.78 is 0. The van der Waals surface area contributed by atoms with E-state index in [0.29, 0.717) is 11.1 Å². The summed E-state index contributed by atoms with van der Waals surface area (Å²) in [6, 6.07) is 10.2. The lowest BCUT2D eigenvalue weighted by atomic mass is 10.0. The average molecular weight is 281 g/mol. The highest BCUT2D eigenvalue weighted by Gasteiger charge is 2.19. The maximum atomic E-state index is 12.2. The lowest BCUT2D eigenvalue weighted by molar-refractivity contribution is 0.103. The largest absolute Gasteiger partial charge is 0.506 e. The van der Waals surface area contributed by atoms with E-state index in [1.807, 2.05) is 6.07 Å². The molecule has 2 aromatic carbocycles. The van der Waals surface area contributed by atoms with Gasteiger partial charge in [-0.15, -0.1) is 0 Å². The highest BCUT2D eigenvalue weighted by Crippen LogP contribution is 2.37. The standard InChI is InChI=1S/C14H10Cl2O2/c1-8-7-10(14(18)12(16)11(8)15)13(17)9-5-3-2-4-6-9/h2-7,18H,1H3. The number of hydrogen-bond donors (Lipinski definition) is 1. The zero-order valence-corrected chi connectivity index (χ0v) is 11.1. The molecule has 0 fully saturated rings. The molecule has 0 aromatic heterocycles. The van der Waals surface area contributed by atoms with Crippen molar-refractivity contribution in [1.29, 1.82) is 0 Å². The lowest BCUT2D eigenvalue weighted by Crippen LogP contribution is -2.02. The first kappa shape index (κ1) is 12.9. The molecule has 0 bridgehead atoms. The molecule has 2 rings (SSSR count). The van der Waals surface area contributed by atoms with Crippen molar-refractivity contribution in [2.75, 3.05) is 0 Å². The molecule has 0 saturated carbocycles. The van der Waals surface area contributed by atoms with Gasteiger partial charge in [0.2, 0.25) is 0 Å². The zero-order valence-electron chi connectivity index (χ0n) is 9.58. The number of ketones is 1. The molecule has 4 heteroatoms. The van der Waals surface area contributed by atoms with Crippen LogP contribution < -0.4 is 0 Å². The van der Waals surface area contributed by atoms with E-state index in [1.165, 1.54) is 0 Å². The number of aromatic hydroxyl groups is 1. The predicted molar refractivity (Wildman–Crippen MR) is 72.7 cm³/mol. The van der Waals surface area contributed by atoms with E-state index < -0.39 is 0 Å². The van der Waals surface area contributed by atoms with Crippen molar-refractivity contribution in [3.63, 3.8) is 0 Å². The van der Waals surface area contributed by atoms with Crippen LogP contribution in [0.3, 0.4) is 0 Å². The molecule has 0 aliphatic heterocycles. The van der Waals surface area contributed by atoms with Crippen LogP contribution in [0.2, 0.25) is 10.0 Å². The summed E-state index contributed by atoms with van der Waals surface area (Å²) in [5, 5.41) is 10.2. The highest BCUT2D eigenvalue weighted by molar-refractivity contribution is 6.44. The molecule has 0 aliphatic carbocycles. The molecule has 0 amide bonds. The van der Waals surface area contributed by atoms with Gasteiger partial charge < -0.3 is 5.11 Å². The summed E-state index contributed by atoms with van der Waals surface area (Å²) in [6.07, 6.45) is 0. The number of carbonyl (C=O) groups is 1. The second-order valence-electron chi connectivity index (χ2n) is 3.91. The molecule has 92 valence electrons. The van der Waals surface area contributed by atoms with Gasteiger partial charge in [-0.1, -0.05) is 53.5 Å². The molecular weight excluding hydrogens is 271 g/mol.